The number of esters is 1. The van der Waals surface area contributed by atoms with Crippen molar-refractivity contribution in [1.29, 1.82) is 0 Å². The molecule has 0 unspecified atom stereocenters. The van der Waals surface area contributed by atoms with Gasteiger partial charge in [-0.05, 0) is 28.1 Å². The summed E-state index contributed by atoms with van der Waals surface area (Å²) in [5, 5.41) is 0.806. The molecule has 18 heavy (non-hydrogen) atoms. The maximum absolute atomic E-state index is 11.5. The highest BCUT2D eigenvalue weighted by molar-refractivity contribution is 9.10. The van der Waals surface area contributed by atoms with E-state index >= 15 is 0 Å². The molecule has 0 saturated carbocycles. The zero-order chi connectivity index (χ0) is 12.7. The molecule has 0 amide bonds. The summed E-state index contributed by atoms with van der Waals surface area (Å²) in [6.45, 7) is 0. The van der Waals surface area contributed by atoms with Crippen molar-refractivity contribution in [2.45, 2.75) is 0 Å². The highest BCUT2D eigenvalue weighted by Gasteiger charge is 2.11. The zero-order valence-electron chi connectivity index (χ0n) is 9.40. The van der Waals surface area contributed by atoms with Crippen molar-refractivity contribution in [1.82, 2.24) is 15.0 Å². The molecule has 3 heterocycles. The number of nitrogens with one attached hydrogen (secondary N) is 1. The number of methoxy groups -OCH3 is 1. The van der Waals surface area contributed by atoms with Crippen LogP contribution in [0, 0.1) is 0 Å². The average Bonchev–Trinajstić information content (AvgIpc) is 2.74. The zero-order valence-corrected chi connectivity index (χ0v) is 11.0. The van der Waals surface area contributed by atoms with Crippen molar-refractivity contribution >= 4 is 44.0 Å². The van der Waals surface area contributed by atoms with Crippen molar-refractivity contribution < 1.29 is 9.53 Å². The number of H-pyrrole nitrogens is 1. The molecule has 6 heteroatoms. The van der Waals surface area contributed by atoms with Gasteiger partial charge in [0.05, 0.1) is 23.7 Å². The van der Waals surface area contributed by atoms with E-state index < -0.39 is 5.97 Å². The number of fused-ring (bicyclic) bond motifs is 3. The summed E-state index contributed by atoms with van der Waals surface area (Å²) >= 11 is 3.36. The predicted octanol–water partition coefficient (Wildman–Crippen LogP) is 2.66. The predicted molar refractivity (Wildman–Crippen MR) is 70.4 cm³/mol. The molecule has 0 bridgehead atoms. The fraction of sp³-hybridized carbons (Fsp3) is 0.0833. The molecule has 0 aliphatic heterocycles. The van der Waals surface area contributed by atoms with Crippen LogP contribution in [0.15, 0.2) is 29.0 Å². The minimum atomic E-state index is -0.407. The number of pyridine rings is 2. The maximum atomic E-state index is 11.5. The van der Waals surface area contributed by atoms with E-state index in [9.17, 15) is 4.79 Å². The lowest BCUT2D eigenvalue weighted by molar-refractivity contribution is 0.0600. The van der Waals surface area contributed by atoms with Crippen molar-refractivity contribution in [3.63, 3.8) is 0 Å². The van der Waals surface area contributed by atoms with Gasteiger partial charge in [-0.3, -0.25) is 4.98 Å². The summed E-state index contributed by atoms with van der Waals surface area (Å²) in [5.41, 5.74) is 2.76. The van der Waals surface area contributed by atoms with E-state index in [4.69, 9.17) is 0 Å². The second kappa shape index (κ2) is 4.06. The van der Waals surface area contributed by atoms with Crippen LogP contribution in [-0.2, 0) is 4.74 Å². The molecular formula is C12H8BrN3O2. The molecule has 0 aliphatic rings. The van der Waals surface area contributed by atoms with Gasteiger partial charge in [0.1, 0.15) is 5.65 Å². The molecule has 0 spiro atoms. The molecule has 5 nitrogen and oxygen atoms in total. The molecular weight excluding hydrogens is 298 g/mol. The van der Waals surface area contributed by atoms with Crippen LogP contribution in [0.3, 0.4) is 0 Å². The summed E-state index contributed by atoms with van der Waals surface area (Å²) in [5.74, 6) is -0.407. The smallest absolute Gasteiger partial charge is 0.339 e. The summed E-state index contributed by atoms with van der Waals surface area (Å²) in [4.78, 5) is 23.1. The van der Waals surface area contributed by atoms with E-state index in [0.29, 0.717) is 11.2 Å². The Balaban J connectivity index is 2.32. The van der Waals surface area contributed by atoms with E-state index in [0.717, 1.165) is 20.9 Å². The van der Waals surface area contributed by atoms with Gasteiger partial charge in [0.2, 0.25) is 0 Å². The first-order valence-electron chi connectivity index (χ1n) is 5.20. The van der Waals surface area contributed by atoms with E-state index in [1.807, 2.05) is 6.07 Å². The van der Waals surface area contributed by atoms with Crippen LogP contribution in [0.25, 0.3) is 22.1 Å². The van der Waals surface area contributed by atoms with E-state index in [2.05, 4.69) is 35.6 Å². The second-order valence-corrected chi connectivity index (χ2v) is 4.70. The Morgan fingerprint density at radius 1 is 1.33 bits per heavy atom. The van der Waals surface area contributed by atoms with Gasteiger partial charge in [0.25, 0.3) is 0 Å². The van der Waals surface area contributed by atoms with Gasteiger partial charge in [0.15, 0.2) is 0 Å². The summed E-state index contributed by atoms with van der Waals surface area (Å²) in [7, 11) is 1.34. The molecule has 0 radical (unpaired) electrons. The Kier molecular flexibility index (Phi) is 2.52. The molecule has 0 atom stereocenters. The minimum absolute atomic E-state index is 0.407. The lowest BCUT2D eigenvalue weighted by Crippen LogP contribution is -2.01. The van der Waals surface area contributed by atoms with Crippen LogP contribution in [0.1, 0.15) is 10.4 Å². The molecule has 0 aromatic carbocycles. The Morgan fingerprint density at radius 2 is 2.17 bits per heavy atom. The molecule has 1 N–H and O–H groups in total. The van der Waals surface area contributed by atoms with Gasteiger partial charge < -0.3 is 9.72 Å². The fourth-order valence-electron chi connectivity index (χ4n) is 1.85. The Labute approximate surface area is 110 Å². The third-order valence-electron chi connectivity index (χ3n) is 2.67. The van der Waals surface area contributed by atoms with Gasteiger partial charge in [0, 0.05) is 22.3 Å². The normalized spacial score (nSPS) is 11.0. The molecule has 3 aromatic heterocycles. The second-order valence-electron chi connectivity index (χ2n) is 3.79. The fourth-order valence-corrected chi connectivity index (χ4v) is 2.18. The van der Waals surface area contributed by atoms with E-state index in [1.54, 1.807) is 12.3 Å². The number of aromatic nitrogens is 3. The van der Waals surface area contributed by atoms with Crippen LogP contribution in [0.2, 0.25) is 0 Å². The first-order valence-corrected chi connectivity index (χ1v) is 5.99. The van der Waals surface area contributed by atoms with E-state index in [-0.39, 0.29) is 0 Å². The monoisotopic (exact) mass is 305 g/mol. The van der Waals surface area contributed by atoms with Gasteiger partial charge in [-0.1, -0.05) is 0 Å². The minimum Gasteiger partial charge on any atom is -0.465 e. The average molecular weight is 306 g/mol. The first-order chi connectivity index (χ1) is 8.69. The van der Waals surface area contributed by atoms with Crippen LogP contribution in [-0.4, -0.2) is 28.0 Å². The number of hydrogen-bond acceptors (Lipinski definition) is 4. The number of carbonyl (C=O) groups excluding carboxylic acids is 1. The largest absolute Gasteiger partial charge is 0.465 e. The van der Waals surface area contributed by atoms with Gasteiger partial charge in [-0.25, -0.2) is 9.78 Å². The van der Waals surface area contributed by atoms with Crippen molar-refractivity contribution in [3.8, 4) is 0 Å². The summed E-state index contributed by atoms with van der Waals surface area (Å²) < 4.78 is 5.56. The number of ether oxygens (including phenoxy) is 1. The quantitative estimate of drug-likeness (QED) is 0.702. The standard InChI is InChI=1S/C12H8BrN3O2/c1-18-12(17)6-2-8-10-9(3-7(13)5-14-10)16-11(8)15-4-6/h2-5H,1H3,(H,15,16). The molecule has 90 valence electrons. The third kappa shape index (κ3) is 1.65. The Hall–Kier alpha value is -1.95. The van der Waals surface area contributed by atoms with Gasteiger partial charge in [-0.2, -0.15) is 0 Å². The van der Waals surface area contributed by atoms with Gasteiger partial charge >= 0.3 is 5.97 Å². The number of carbonyl (C=O) groups is 1. The lowest BCUT2D eigenvalue weighted by Gasteiger charge is -1.98. The SMILES string of the molecule is COC(=O)c1cnc2[nH]c3cc(Br)cnc3c2c1. The van der Waals surface area contributed by atoms with Crippen LogP contribution in [0.5, 0.6) is 0 Å². The molecule has 3 rings (SSSR count). The van der Waals surface area contributed by atoms with Crippen molar-refractivity contribution in [2.24, 2.45) is 0 Å². The van der Waals surface area contributed by atoms with E-state index in [1.165, 1.54) is 13.3 Å². The number of nitrogens with zero attached hydrogens (tertiary/aromatic N) is 2. The Morgan fingerprint density at radius 3 is 2.94 bits per heavy atom. The van der Waals surface area contributed by atoms with Crippen LogP contribution < -0.4 is 0 Å². The number of rotatable bonds is 1. The summed E-state index contributed by atoms with van der Waals surface area (Å²) in [6, 6.07) is 3.65. The highest BCUT2D eigenvalue weighted by Crippen LogP contribution is 2.25. The number of hydrogen-bond donors (Lipinski definition) is 1. The first kappa shape index (κ1) is 11.2. The topological polar surface area (TPSA) is 67.9 Å². The number of halogens is 1. The van der Waals surface area contributed by atoms with Crippen LogP contribution in [0.4, 0.5) is 0 Å². The maximum Gasteiger partial charge on any atom is 0.339 e. The summed E-state index contributed by atoms with van der Waals surface area (Å²) in [6.07, 6.45) is 3.19. The molecule has 0 saturated heterocycles. The highest BCUT2D eigenvalue weighted by atomic mass is 79.9. The van der Waals surface area contributed by atoms with Crippen molar-refractivity contribution in [3.05, 3.63) is 34.6 Å². The number of aromatic amines is 1. The molecule has 0 fully saturated rings. The third-order valence-corrected chi connectivity index (χ3v) is 3.10. The van der Waals surface area contributed by atoms with Crippen LogP contribution >= 0.6 is 15.9 Å². The molecule has 3 aromatic rings. The van der Waals surface area contributed by atoms with Crippen molar-refractivity contribution in [2.75, 3.05) is 7.11 Å². The van der Waals surface area contributed by atoms with Gasteiger partial charge in [-0.15, -0.1) is 0 Å². The molecule has 0 aliphatic carbocycles. The lowest BCUT2D eigenvalue weighted by atomic mass is 10.2. The Bertz CT molecular complexity index is 766.